The van der Waals surface area contributed by atoms with Crippen LogP contribution in [0.1, 0.15) is 16.7 Å². The van der Waals surface area contributed by atoms with Crippen LogP contribution in [0.3, 0.4) is 0 Å². The molecule has 0 aliphatic carbocycles. The van der Waals surface area contributed by atoms with Gasteiger partial charge >= 0.3 is 5.97 Å². The minimum absolute atomic E-state index is 0.0629. The first-order valence-corrected chi connectivity index (χ1v) is 9.98. The van der Waals surface area contributed by atoms with Crippen LogP contribution >= 0.6 is 11.8 Å². The molecule has 0 radical (unpaired) electrons. The van der Waals surface area contributed by atoms with Crippen molar-refractivity contribution >= 4 is 23.6 Å². The number of aromatic nitrogens is 2. The Hall–Kier alpha value is -3.64. The van der Waals surface area contributed by atoms with E-state index in [1.807, 2.05) is 37.3 Å². The second kappa shape index (κ2) is 9.71. The quantitative estimate of drug-likeness (QED) is 0.530. The van der Waals surface area contributed by atoms with Crippen molar-refractivity contribution in [1.82, 2.24) is 15.5 Å². The minimum atomic E-state index is -1.10. The maximum absolute atomic E-state index is 12.2. The van der Waals surface area contributed by atoms with E-state index >= 15 is 0 Å². The van der Waals surface area contributed by atoms with Crippen molar-refractivity contribution in [3.63, 3.8) is 0 Å². The molecule has 1 atom stereocenters. The molecule has 152 valence electrons. The van der Waals surface area contributed by atoms with E-state index in [0.717, 1.165) is 22.9 Å². The number of hydrogen-bond donors (Lipinski definition) is 2. The van der Waals surface area contributed by atoms with Gasteiger partial charge in [-0.25, -0.2) is 4.79 Å². The number of nitrogens with one attached hydrogen (secondary N) is 1. The van der Waals surface area contributed by atoms with Gasteiger partial charge < -0.3 is 14.8 Å². The van der Waals surface area contributed by atoms with Crippen LogP contribution in [-0.2, 0) is 16.0 Å². The van der Waals surface area contributed by atoms with Gasteiger partial charge in [0.25, 0.3) is 5.22 Å². The van der Waals surface area contributed by atoms with Crippen LogP contribution in [0.15, 0.2) is 58.2 Å². The number of benzene rings is 2. The Morgan fingerprint density at radius 3 is 2.60 bits per heavy atom. The molecule has 1 amide bonds. The van der Waals surface area contributed by atoms with Crippen LogP contribution in [0.2, 0.25) is 0 Å². The highest BCUT2D eigenvalue weighted by Gasteiger charge is 2.21. The number of rotatable bonds is 8. The van der Waals surface area contributed by atoms with Gasteiger partial charge in [-0.3, -0.25) is 4.79 Å². The zero-order valence-electron chi connectivity index (χ0n) is 16.0. The lowest BCUT2D eigenvalue weighted by Crippen LogP contribution is -2.43. The highest BCUT2D eigenvalue weighted by Crippen LogP contribution is 2.23. The molecule has 0 fully saturated rings. The van der Waals surface area contributed by atoms with Crippen molar-refractivity contribution in [1.29, 1.82) is 5.26 Å². The lowest BCUT2D eigenvalue weighted by molar-refractivity contribution is -0.141. The lowest BCUT2D eigenvalue weighted by Gasteiger charge is -2.15. The van der Waals surface area contributed by atoms with Gasteiger partial charge in [0.15, 0.2) is 0 Å². The number of aryl methyl sites for hydroxylation is 1. The molecule has 1 aromatic heterocycles. The van der Waals surface area contributed by atoms with E-state index in [0.29, 0.717) is 11.1 Å². The lowest BCUT2D eigenvalue weighted by atomic mass is 10.0. The fraction of sp³-hybridized carbons (Fsp3) is 0.190. The van der Waals surface area contributed by atoms with Gasteiger partial charge in [0.2, 0.25) is 11.8 Å². The summed E-state index contributed by atoms with van der Waals surface area (Å²) in [5, 5.41) is 28.8. The van der Waals surface area contributed by atoms with Gasteiger partial charge in [0.05, 0.1) is 17.4 Å². The van der Waals surface area contributed by atoms with Gasteiger partial charge in [-0.05, 0) is 42.3 Å². The van der Waals surface area contributed by atoms with E-state index in [9.17, 15) is 14.7 Å². The molecular formula is C21H18N4O4S. The van der Waals surface area contributed by atoms with Crippen molar-refractivity contribution in [2.45, 2.75) is 24.6 Å². The molecule has 0 bridgehead atoms. The summed E-state index contributed by atoms with van der Waals surface area (Å²) in [4.78, 5) is 23.8. The number of thioether (sulfide) groups is 1. The third-order valence-corrected chi connectivity index (χ3v) is 5.13. The zero-order valence-corrected chi connectivity index (χ0v) is 16.8. The minimum Gasteiger partial charge on any atom is -0.480 e. The van der Waals surface area contributed by atoms with Crippen LogP contribution in [0.4, 0.5) is 0 Å². The number of carboxylic acids is 1. The van der Waals surface area contributed by atoms with E-state index < -0.39 is 17.9 Å². The van der Waals surface area contributed by atoms with E-state index in [1.54, 1.807) is 24.3 Å². The molecule has 3 rings (SSSR count). The Bertz CT molecular complexity index is 1090. The maximum atomic E-state index is 12.2. The Morgan fingerprint density at radius 2 is 1.93 bits per heavy atom. The predicted molar refractivity (Wildman–Crippen MR) is 110 cm³/mol. The Labute approximate surface area is 176 Å². The topological polar surface area (TPSA) is 129 Å². The third kappa shape index (κ3) is 5.46. The fourth-order valence-electron chi connectivity index (χ4n) is 2.69. The molecule has 3 aromatic rings. The summed E-state index contributed by atoms with van der Waals surface area (Å²) >= 11 is 1.02. The number of hydrogen-bond acceptors (Lipinski definition) is 7. The van der Waals surface area contributed by atoms with E-state index in [1.165, 1.54) is 0 Å². The summed E-state index contributed by atoms with van der Waals surface area (Å²) in [6.07, 6.45) is 0.196. The standard InChI is InChI=1S/C21H18N4O4S/c1-13-4-2-3-5-16(13)10-17(20(27)28)23-18(26)12-30-21-25-24-19(29-21)15-8-6-14(11-22)7-9-15/h2-9,17H,10,12H2,1H3,(H,23,26)(H,27,28). The first-order chi connectivity index (χ1) is 14.5. The number of aliphatic carboxylic acids is 1. The molecule has 9 heteroatoms. The van der Waals surface area contributed by atoms with Crippen molar-refractivity contribution in [2.75, 3.05) is 5.75 Å². The number of nitrogens with zero attached hydrogens (tertiary/aromatic N) is 3. The molecule has 2 N–H and O–H groups in total. The number of carboxylic acid groups (broad SMARTS) is 1. The molecule has 0 saturated carbocycles. The number of amides is 1. The molecule has 1 unspecified atom stereocenters. The molecule has 0 saturated heterocycles. The highest BCUT2D eigenvalue weighted by molar-refractivity contribution is 7.99. The molecule has 0 aliphatic rings. The second-order valence-electron chi connectivity index (χ2n) is 6.44. The van der Waals surface area contributed by atoms with Crippen LogP contribution in [-0.4, -0.2) is 39.0 Å². The van der Waals surface area contributed by atoms with E-state index in [-0.39, 0.29) is 23.3 Å². The smallest absolute Gasteiger partial charge is 0.326 e. The average Bonchev–Trinajstić information content (AvgIpc) is 3.22. The van der Waals surface area contributed by atoms with Crippen molar-refractivity contribution < 1.29 is 19.1 Å². The predicted octanol–water partition coefficient (Wildman–Crippen LogP) is 2.82. The van der Waals surface area contributed by atoms with E-state index in [2.05, 4.69) is 15.5 Å². The van der Waals surface area contributed by atoms with Gasteiger partial charge in [-0.1, -0.05) is 36.0 Å². The van der Waals surface area contributed by atoms with E-state index in [4.69, 9.17) is 9.68 Å². The summed E-state index contributed by atoms with van der Waals surface area (Å²) < 4.78 is 5.52. The van der Waals surface area contributed by atoms with Crippen molar-refractivity contribution in [3.8, 4) is 17.5 Å². The summed E-state index contributed by atoms with van der Waals surface area (Å²) in [7, 11) is 0. The molecule has 2 aromatic carbocycles. The normalized spacial score (nSPS) is 11.5. The highest BCUT2D eigenvalue weighted by atomic mass is 32.2. The molecule has 0 aliphatic heterocycles. The maximum Gasteiger partial charge on any atom is 0.326 e. The summed E-state index contributed by atoms with van der Waals surface area (Å²) in [5.41, 5.74) is 3.00. The monoisotopic (exact) mass is 422 g/mol. The second-order valence-corrected chi connectivity index (χ2v) is 7.37. The van der Waals surface area contributed by atoms with Gasteiger partial charge in [0, 0.05) is 12.0 Å². The molecule has 0 spiro atoms. The fourth-order valence-corrected chi connectivity index (χ4v) is 3.27. The average molecular weight is 422 g/mol. The zero-order chi connectivity index (χ0) is 21.5. The summed E-state index contributed by atoms with van der Waals surface area (Å²) in [6.45, 7) is 1.90. The third-order valence-electron chi connectivity index (χ3n) is 4.31. The Kier molecular flexibility index (Phi) is 6.83. The number of nitriles is 1. The van der Waals surface area contributed by atoms with Gasteiger partial charge in [-0.15, -0.1) is 10.2 Å². The van der Waals surface area contributed by atoms with Crippen molar-refractivity contribution in [2.24, 2.45) is 0 Å². The molecule has 8 nitrogen and oxygen atoms in total. The Balaban J connectivity index is 1.57. The largest absolute Gasteiger partial charge is 0.480 e. The van der Waals surface area contributed by atoms with Crippen molar-refractivity contribution in [3.05, 3.63) is 65.2 Å². The molecular weight excluding hydrogens is 404 g/mol. The van der Waals surface area contributed by atoms with Crippen LogP contribution in [0, 0.1) is 18.3 Å². The van der Waals surface area contributed by atoms with Gasteiger partial charge in [0.1, 0.15) is 6.04 Å². The van der Waals surface area contributed by atoms with Crippen LogP contribution in [0.25, 0.3) is 11.5 Å². The van der Waals surface area contributed by atoms with Crippen LogP contribution < -0.4 is 5.32 Å². The first kappa shape index (κ1) is 21.1. The number of carbonyl (C=O) groups excluding carboxylic acids is 1. The van der Waals surface area contributed by atoms with Gasteiger partial charge in [-0.2, -0.15) is 5.26 Å². The molecule has 1 heterocycles. The number of carbonyl (C=O) groups is 2. The van der Waals surface area contributed by atoms with Crippen LogP contribution in [0.5, 0.6) is 0 Å². The SMILES string of the molecule is Cc1ccccc1CC(NC(=O)CSc1nnc(-c2ccc(C#N)cc2)o1)C(=O)O. The molecule has 30 heavy (non-hydrogen) atoms. The first-order valence-electron chi connectivity index (χ1n) is 9.00. The summed E-state index contributed by atoms with van der Waals surface area (Å²) in [6, 6.07) is 15.1. The Morgan fingerprint density at radius 1 is 1.20 bits per heavy atom. The summed E-state index contributed by atoms with van der Waals surface area (Å²) in [5.74, 6) is -1.34.